The molecule has 55 heavy (non-hydrogen) atoms. The molecule has 1 saturated heterocycles. The maximum atomic E-state index is 13.1. The van der Waals surface area contributed by atoms with E-state index in [4.69, 9.17) is 19.0 Å². The molecule has 14 nitrogen and oxygen atoms in total. The van der Waals surface area contributed by atoms with Crippen LogP contribution in [0.4, 0.5) is 16.4 Å². The molecule has 3 amide bonds. The summed E-state index contributed by atoms with van der Waals surface area (Å²) in [5, 5.41) is 15.9. The molecule has 3 heterocycles. The minimum absolute atomic E-state index is 0.126. The van der Waals surface area contributed by atoms with E-state index < -0.39 is 0 Å². The highest BCUT2D eigenvalue weighted by Crippen LogP contribution is 2.43. The monoisotopic (exact) mass is 756 g/mol. The van der Waals surface area contributed by atoms with Crippen molar-refractivity contribution in [2.45, 2.75) is 91.3 Å². The van der Waals surface area contributed by atoms with Crippen LogP contribution < -0.4 is 26.0 Å². The minimum Gasteiger partial charge on any atom is -0.495 e. The lowest BCUT2D eigenvalue weighted by atomic mass is 9.74. The summed E-state index contributed by atoms with van der Waals surface area (Å²) in [6.07, 6.45) is 3.81. The van der Waals surface area contributed by atoms with Gasteiger partial charge < -0.3 is 40.2 Å². The van der Waals surface area contributed by atoms with Gasteiger partial charge in [0, 0.05) is 42.5 Å². The molecular weight excluding hydrogens is 701 g/mol. The maximum absolute atomic E-state index is 13.1. The molecule has 2 aromatic carbocycles. The van der Waals surface area contributed by atoms with Gasteiger partial charge in [-0.1, -0.05) is 63.2 Å². The Labute approximate surface area is 324 Å². The molecule has 1 fully saturated rings. The van der Waals surface area contributed by atoms with Crippen LogP contribution in [0.2, 0.25) is 0 Å². The van der Waals surface area contributed by atoms with Crippen LogP contribution in [0.1, 0.15) is 98.9 Å². The molecule has 2 aromatic heterocycles. The van der Waals surface area contributed by atoms with Gasteiger partial charge in [0.2, 0.25) is 11.7 Å². The van der Waals surface area contributed by atoms with Crippen LogP contribution in [-0.2, 0) is 23.1 Å². The van der Waals surface area contributed by atoms with E-state index in [9.17, 15) is 14.4 Å². The smallest absolute Gasteiger partial charge is 0.407 e. The summed E-state index contributed by atoms with van der Waals surface area (Å²) in [5.41, 5.74) is 4.13. The first-order valence-corrected chi connectivity index (χ1v) is 18.7. The lowest BCUT2D eigenvalue weighted by Crippen LogP contribution is -2.43. The molecule has 14 heteroatoms. The number of carbonyl (C=O) groups is 3. The summed E-state index contributed by atoms with van der Waals surface area (Å²) in [7, 11) is 5.19. The number of methoxy groups -OCH3 is 1. The third-order valence-corrected chi connectivity index (χ3v) is 9.02. The number of nitrogens with zero attached hydrogens (tertiary/aromatic N) is 4. The molecule has 4 N–H and O–H groups in total. The Balaban J connectivity index is 0.000000539. The van der Waals surface area contributed by atoms with Crippen molar-refractivity contribution in [1.29, 1.82) is 0 Å². The molecule has 2 aliphatic rings. The number of anilines is 2. The van der Waals surface area contributed by atoms with Crippen LogP contribution in [0.25, 0.3) is 11.4 Å². The predicted octanol–water partition coefficient (Wildman–Crippen LogP) is 6.64. The molecule has 1 aliphatic heterocycles. The van der Waals surface area contributed by atoms with E-state index >= 15 is 0 Å². The summed E-state index contributed by atoms with van der Waals surface area (Å²) in [5.74, 6) is 0.561. The Hall–Kier alpha value is -5.50. The number of ether oxygens (including phenoxy) is 2. The van der Waals surface area contributed by atoms with Crippen LogP contribution in [0.3, 0.4) is 0 Å². The molecule has 4 aromatic rings. The largest absolute Gasteiger partial charge is 0.495 e. The number of piperidine rings is 1. The highest BCUT2D eigenvalue weighted by atomic mass is 16.6. The number of alkyl carbamates (subject to hydrolysis) is 1. The van der Waals surface area contributed by atoms with Gasteiger partial charge in [-0.05, 0) is 89.3 Å². The quantitative estimate of drug-likeness (QED) is 0.152. The van der Waals surface area contributed by atoms with Crippen molar-refractivity contribution >= 4 is 29.5 Å². The molecule has 0 radical (unpaired) electrons. The first-order chi connectivity index (χ1) is 26.2. The van der Waals surface area contributed by atoms with Crippen molar-refractivity contribution in [2.75, 3.05) is 39.6 Å². The predicted molar refractivity (Wildman–Crippen MR) is 213 cm³/mol. The second kappa shape index (κ2) is 18.7. The summed E-state index contributed by atoms with van der Waals surface area (Å²) in [4.78, 5) is 48.2. The van der Waals surface area contributed by atoms with Gasteiger partial charge in [0.1, 0.15) is 22.7 Å². The van der Waals surface area contributed by atoms with Crippen molar-refractivity contribution in [3.8, 4) is 17.1 Å². The van der Waals surface area contributed by atoms with Crippen LogP contribution in [0.5, 0.6) is 5.75 Å². The zero-order valence-electron chi connectivity index (χ0n) is 33.8. The lowest BCUT2D eigenvalue weighted by molar-refractivity contribution is 0.0541. The van der Waals surface area contributed by atoms with Gasteiger partial charge in [0.05, 0.1) is 12.8 Å². The highest BCUT2D eigenvalue weighted by molar-refractivity contribution is 5.96. The summed E-state index contributed by atoms with van der Waals surface area (Å²) < 4.78 is 16.1. The molecule has 0 unspecified atom stereocenters. The van der Waals surface area contributed by atoms with Gasteiger partial charge >= 0.3 is 6.09 Å². The zero-order chi connectivity index (χ0) is 40.3. The Kier molecular flexibility index (Phi) is 14.4. The van der Waals surface area contributed by atoms with Gasteiger partial charge in [-0.15, -0.1) is 0 Å². The van der Waals surface area contributed by atoms with Crippen LogP contribution in [0.15, 0.2) is 59.3 Å². The van der Waals surface area contributed by atoms with E-state index in [1.54, 1.807) is 31.5 Å². The van der Waals surface area contributed by atoms with E-state index in [-0.39, 0.29) is 40.7 Å². The zero-order valence-corrected chi connectivity index (χ0v) is 33.8. The van der Waals surface area contributed by atoms with Gasteiger partial charge in [0.25, 0.3) is 11.8 Å². The fourth-order valence-electron chi connectivity index (χ4n) is 6.16. The van der Waals surface area contributed by atoms with Gasteiger partial charge in [-0.2, -0.15) is 0 Å². The molecular formula is C41H56N8O6. The number of rotatable bonds is 8. The van der Waals surface area contributed by atoms with Gasteiger partial charge in [-0.25, -0.2) is 14.8 Å². The van der Waals surface area contributed by atoms with E-state index in [0.717, 1.165) is 42.6 Å². The fourth-order valence-corrected chi connectivity index (χ4v) is 6.16. The van der Waals surface area contributed by atoms with Crippen molar-refractivity contribution in [1.82, 2.24) is 36.0 Å². The van der Waals surface area contributed by atoms with E-state index in [1.807, 2.05) is 65.0 Å². The molecule has 296 valence electrons. The Morgan fingerprint density at radius 2 is 1.69 bits per heavy atom. The summed E-state index contributed by atoms with van der Waals surface area (Å²) in [6.45, 7) is 15.9. The number of hydrogen-bond acceptors (Lipinski definition) is 11. The molecule has 6 rings (SSSR count). The molecule has 0 atom stereocenters. The van der Waals surface area contributed by atoms with E-state index in [1.165, 1.54) is 7.05 Å². The molecule has 0 spiro atoms. The number of hydrogen-bond donors (Lipinski definition) is 4. The third-order valence-electron chi connectivity index (χ3n) is 9.02. The number of likely N-dealkylation sites (tertiary alicyclic amines) is 1. The van der Waals surface area contributed by atoms with Crippen molar-refractivity contribution < 1.29 is 28.4 Å². The molecule has 0 saturated carbocycles. The van der Waals surface area contributed by atoms with Crippen molar-refractivity contribution in [3.05, 3.63) is 82.7 Å². The van der Waals surface area contributed by atoms with Crippen molar-refractivity contribution in [2.24, 2.45) is 0 Å². The number of fused-ring (bicyclic) bond motifs is 3. The lowest BCUT2D eigenvalue weighted by Gasteiger charge is -2.30. The SMILES string of the molecule is CC.CNC(=O)OC(C)(C)C.COc1cc(C(=O)NC2CCN(C)CC2)ccc1Nc1ncc2c(n1)-c1noc(C(=O)NCc3ccccc3)c1CC2(C)C. The Bertz CT molecular complexity index is 1910. The maximum Gasteiger partial charge on any atom is 0.407 e. The number of carbonyl (C=O) groups excluding carboxylic acids is 3. The van der Waals surface area contributed by atoms with E-state index in [0.29, 0.717) is 47.3 Å². The normalized spacial score (nSPS) is 14.7. The van der Waals surface area contributed by atoms with Crippen LogP contribution in [0, 0.1) is 0 Å². The third kappa shape index (κ3) is 11.3. The van der Waals surface area contributed by atoms with E-state index in [2.05, 4.69) is 57.2 Å². The minimum atomic E-state index is -0.389. The van der Waals surface area contributed by atoms with Crippen LogP contribution in [-0.4, -0.2) is 83.9 Å². The molecule has 1 aliphatic carbocycles. The highest BCUT2D eigenvalue weighted by Gasteiger charge is 2.38. The van der Waals surface area contributed by atoms with Gasteiger partial charge in [0.15, 0.2) is 0 Å². The van der Waals surface area contributed by atoms with Crippen molar-refractivity contribution in [3.63, 3.8) is 0 Å². The first kappa shape index (κ1) is 42.2. The second-order valence-corrected chi connectivity index (χ2v) is 14.9. The number of benzene rings is 2. The Morgan fingerprint density at radius 1 is 1.00 bits per heavy atom. The second-order valence-electron chi connectivity index (χ2n) is 14.9. The topological polar surface area (TPSA) is 173 Å². The number of amides is 3. The average molecular weight is 757 g/mol. The summed E-state index contributed by atoms with van der Waals surface area (Å²) in [6, 6.07) is 15.1. The summed E-state index contributed by atoms with van der Waals surface area (Å²) >= 11 is 0. The molecule has 0 bridgehead atoms. The Morgan fingerprint density at radius 3 is 2.31 bits per heavy atom. The number of nitrogens with one attached hydrogen (secondary N) is 4. The van der Waals surface area contributed by atoms with Gasteiger partial charge in [-0.3, -0.25) is 9.59 Å². The number of aromatic nitrogens is 3. The standard InChI is InChI=1S/C33H37N7O4.C6H13NO2.C2H6/c1-33(2)17-23-27(39-44-29(23)31(42)34-18-20-8-6-5-7-9-20)28-24(33)19-35-32(38-28)37-25-11-10-21(16-26(25)43-4)30(41)36-22-12-14-40(3)15-13-22;1-6(2,3)9-5(8)7-4;1-2/h5-11,16,19,22H,12-15,17-18H2,1-4H3,(H,34,42)(H,36,41)(H,35,37,38);1-4H3,(H,7,8);1-2H3. The van der Waals surface area contributed by atoms with Crippen LogP contribution >= 0.6 is 0 Å². The fraction of sp³-hybridized carbons (Fsp3) is 0.463. The average Bonchev–Trinajstić information content (AvgIpc) is 3.58. The first-order valence-electron chi connectivity index (χ1n) is 18.7.